The van der Waals surface area contributed by atoms with E-state index in [2.05, 4.69) is 130 Å². The van der Waals surface area contributed by atoms with E-state index in [1.54, 1.807) is 0 Å². The molecule has 2 aliphatic rings. The molecule has 0 fully saturated rings. The van der Waals surface area contributed by atoms with Gasteiger partial charge in [0.2, 0.25) is 5.69 Å². The van der Waals surface area contributed by atoms with Crippen molar-refractivity contribution in [1.29, 1.82) is 0 Å². The molecule has 5 rings (SSSR count). The number of likely N-dealkylation sites (N-methyl/N-ethyl adjacent to an activating group) is 1. The molecule has 3 aromatic carbocycles. The number of anilines is 1. The van der Waals surface area contributed by atoms with Gasteiger partial charge < -0.3 is 4.90 Å². The van der Waals surface area contributed by atoms with Crippen molar-refractivity contribution in [2.45, 2.75) is 44.9 Å². The maximum atomic E-state index is 6.48. The summed E-state index contributed by atoms with van der Waals surface area (Å²) in [7, 11) is 4.34. The van der Waals surface area contributed by atoms with Gasteiger partial charge in [0.25, 0.3) is 0 Å². The highest BCUT2D eigenvalue weighted by atomic mass is 35.5. The molecule has 0 spiro atoms. The van der Waals surface area contributed by atoms with Gasteiger partial charge in [0, 0.05) is 46.6 Å². The summed E-state index contributed by atoms with van der Waals surface area (Å²) in [6.07, 6.45) is 7.73. The predicted octanol–water partition coefficient (Wildman–Crippen LogP) is 7.74. The molecule has 2 aliphatic heterocycles. The van der Waals surface area contributed by atoms with Gasteiger partial charge in [-0.25, -0.2) is 0 Å². The topological polar surface area (TPSA) is 6.25 Å². The van der Waals surface area contributed by atoms with Crippen molar-refractivity contribution in [2.24, 2.45) is 0 Å². The number of allylic oxidation sites excluding steroid dienone is 4. The number of aryl methyl sites for hydroxylation is 1. The smallest absolute Gasteiger partial charge is 0.209 e. The van der Waals surface area contributed by atoms with E-state index in [-0.39, 0.29) is 10.8 Å². The lowest BCUT2D eigenvalue weighted by molar-refractivity contribution is -0.401. The molecule has 2 heterocycles. The van der Waals surface area contributed by atoms with Crippen molar-refractivity contribution in [3.63, 3.8) is 0 Å². The number of benzene rings is 3. The molecule has 2 nitrogen and oxygen atoms in total. The third-order valence-corrected chi connectivity index (χ3v) is 8.17. The van der Waals surface area contributed by atoms with Crippen LogP contribution in [0.25, 0.3) is 0 Å². The summed E-state index contributed by atoms with van der Waals surface area (Å²) in [4.78, 5) is 2.32. The first kappa shape index (κ1) is 23.6. The van der Waals surface area contributed by atoms with Crippen LogP contribution in [0.4, 0.5) is 11.4 Å². The van der Waals surface area contributed by atoms with Crippen LogP contribution in [0.3, 0.4) is 0 Å². The summed E-state index contributed by atoms with van der Waals surface area (Å²) in [6, 6.07) is 23.8. The van der Waals surface area contributed by atoms with E-state index < -0.39 is 0 Å². The van der Waals surface area contributed by atoms with Crippen LogP contribution in [0.15, 0.2) is 90.7 Å². The number of hydrogen-bond donors (Lipinski definition) is 0. The van der Waals surface area contributed by atoms with E-state index >= 15 is 0 Å². The molecule has 1 unspecified atom stereocenters. The monoisotopic (exact) mass is 481 g/mol. The largest absolute Gasteiger partial charge is 0.347 e. The number of hydrogen-bond acceptors (Lipinski definition) is 1. The Kier molecular flexibility index (Phi) is 5.76. The molecule has 0 saturated heterocycles. The van der Waals surface area contributed by atoms with Crippen molar-refractivity contribution >= 4 is 28.7 Å². The predicted molar refractivity (Wildman–Crippen MR) is 150 cm³/mol. The highest BCUT2D eigenvalue weighted by Gasteiger charge is 2.44. The lowest BCUT2D eigenvalue weighted by atomic mass is 9.76. The van der Waals surface area contributed by atoms with Gasteiger partial charge >= 0.3 is 0 Å². The Morgan fingerprint density at radius 1 is 0.943 bits per heavy atom. The zero-order valence-corrected chi connectivity index (χ0v) is 22.3. The van der Waals surface area contributed by atoms with Gasteiger partial charge in [0.1, 0.15) is 7.05 Å². The summed E-state index contributed by atoms with van der Waals surface area (Å²) in [5.41, 5.74) is 10.2. The molecular formula is C32H34ClN2+. The minimum atomic E-state index is -0.178. The van der Waals surface area contributed by atoms with Crippen molar-refractivity contribution in [2.75, 3.05) is 19.0 Å². The SMILES string of the molecule is Cc1ccc2c(c1)C(C)(C)C(/C=C/C=C1/N(C)c3ccc(Cl)cc3C1(C)Cc1ccccc1)=[N+]2C. The van der Waals surface area contributed by atoms with Gasteiger partial charge in [0.05, 0.1) is 5.41 Å². The Hall–Kier alpha value is -3.10. The summed E-state index contributed by atoms with van der Waals surface area (Å²) >= 11 is 6.48. The summed E-state index contributed by atoms with van der Waals surface area (Å²) < 4.78 is 2.33. The van der Waals surface area contributed by atoms with Crippen LogP contribution < -0.4 is 4.90 Å². The van der Waals surface area contributed by atoms with E-state index in [4.69, 9.17) is 11.6 Å². The molecule has 0 amide bonds. The van der Waals surface area contributed by atoms with Gasteiger partial charge in [0.15, 0.2) is 5.71 Å². The van der Waals surface area contributed by atoms with Gasteiger partial charge in [-0.3, -0.25) is 0 Å². The van der Waals surface area contributed by atoms with E-state index in [1.807, 2.05) is 6.07 Å². The molecule has 0 aliphatic carbocycles. The van der Waals surface area contributed by atoms with Crippen molar-refractivity contribution in [3.05, 3.63) is 118 Å². The molecule has 3 heteroatoms. The van der Waals surface area contributed by atoms with Gasteiger partial charge in [-0.2, -0.15) is 4.58 Å². The zero-order chi connectivity index (χ0) is 25.0. The van der Waals surface area contributed by atoms with Crippen LogP contribution in [0.1, 0.15) is 43.0 Å². The average Bonchev–Trinajstić information content (AvgIpc) is 3.13. The first-order valence-corrected chi connectivity index (χ1v) is 12.7. The number of rotatable bonds is 4. The molecule has 3 aromatic rings. The molecule has 0 radical (unpaired) electrons. The lowest BCUT2D eigenvalue weighted by Gasteiger charge is -2.29. The Balaban J connectivity index is 1.56. The third-order valence-electron chi connectivity index (χ3n) is 7.94. The van der Waals surface area contributed by atoms with Crippen LogP contribution in [-0.4, -0.2) is 24.4 Å². The standard InChI is InChI=1S/C32H34ClN2/c1-22-15-17-27-25(19-22)31(2,3)29(34(27)5)13-10-14-30-32(4,21-23-11-8-7-9-12-23)26-20-24(33)16-18-28(26)35(30)6/h7-20H,21H2,1-6H3/q+1. The minimum absolute atomic E-state index is 0.0451. The van der Waals surface area contributed by atoms with Crippen LogP contribution in [-0.2, 0) is 17.3 Å². The molecule has 35 heavy (non-hydrogen) atoms. The number of nitrogens with zero attached hydrogens (tertiary/aromatic N) is 2. The molecule has 0 saturated carbocycles. The fourth-order valence-electron chi connectivity index (χ4n) is 6.05. The van der Waals surface area contributed by atoms with Crippen molar-refractivity contribution in [3.8, 4) is 0 Å². The van der Waals surface area contributed by atoms with Crippen molar-refractivity contribution in [1.82, 2.24) is 0 Å². The fraction of sp³-hybridized carbons (Fsp3) is 0.281. The van der Waals surface area contributed by atoms with Gasteiger partial charge in [-0.15, -0.1) is 0 Å². The number of halogens is 1. The average molecular weight is 482 g/mol. The first-order chi connectivity index (χ1) is 16.6. The lowest BCUT2D eigenvalue weighted by Crippen LogP contribution is -2.29. The maximum Gasteiger partial charge on any atom is 0.209 e. The quantitative estimate of drug-likeness (QED) is 0.345. The molecule has 0 N–H and O–H groups in total. The fourth-order valence-corrected chi connectivity index (χ4v) is 6.22. The van der Waals surface area contributed by atoms with Crippen LogP contribution >= 0.6 is 11.6 Å². The van der Waals surface area contributed by atoms with E-state index in [1.165, 1.54) is 45.0 Å². The van der Waals surface area contributed by atoms with E-state index in [0.29, 0.717) is 0 Å². The molecule has 0 bridgehead atoms. The maximum absolute atomic E-state index is 6.48. The Bertz CT molecular complexity index is 1390. The van der Waals surface area contributed by atoms with Crippen LogP contribution in [0.2, 0.25) is 5.02 Å². The van der Waals surface area contributed by atoms with E-state index in [0.717, 1.165) is 11.4 Å². The summed E-state index contributed by atoms with van der Waals surface area (Å²) in [6.45, 7) is 9.15. The summed E-state index contributed by atoms with van der Waals surface area (Å²) in [5.74, 6) is 0. The highest BCUT2D eigenvalue weighted by Crippen LogP contribution is 2.50. The Morgan fingerprint density at radius 2 is 1.69 bits per heavy atom. The highest BCUT2D eigenvalue weighted by molar-refractivity contribution is 6.30. The zero-order valence-electron chi connectivity index (χ0n) is 21.6. The molecule has 1 atom stereocenters. The van der Waals surface area contributed by atoms with E-state index in [9.17, 15) is 0 Å². The second-order valence-electron chi connectivity index (χ2n) is 10.7. The number of fused-ring (bicyclic) bond motifs is 2. The second kappa shape index (κ2) is 8.53. The molecular weight excluding hydrogens is 448 g/mol. The Morgan fingerprint density at radius 3 is 2.43 bits per heavy atom. The molecule has 178 valence electrons. The van der Waals surface area contributed by atoms with Gasteiger partial charge in [-0.1, -0.05) is 59.6 Å². The van der Waals surface area contributed by atoms with Crippen LogP contribution in [0, 0.1) is 6.92 Å². The molecule has 0 aromatic heterocycles. The first-order valence-electron chi connectivity index (χ1n) is 12.3. The third kappa shape index (κ3) is 3.85. The normalized spacial score (nSPS) is 21.8. The van der Waals surface area contributed by atoms with Gasteiger partial charge in [-0.05, 0) is 75.6 Å². The second-order valence-corrected chi connectivity index (χ2v) is 11.2. The minimum Gasteiger partial charge on any atom is -0.347 e. The Labute approximate surface area is 214 Å². The summed E-state index contributed by atoms with van der Waals surface area (Å²) in [5, 5.41) is 0.783. The van der Waals surface area contributed by atoms with Crippen LogP contribution in [0.5, 0.6) is 0 Å². The van der Waals surface area contributed by atoms with Crippen molar-refractivity contribution < 1.29 is 4.58 Å².